The maximum Gasteiger partial charge on any atom is 0.469 e. The number of aryl methyl sites for hydroxylation is 1. The van der Waals surface area contributed by atoms with Crippen LogP contribution >= 0.6 is 7.82 Å². The zero-order chi connectivity index (χ0) is 16.7. The highest BCUT2D eigenvalue weighted by molar-refractivity contribution is 7.46. The molecule has 0 aliphatic heterocycles. The first kappa shape index (κ1) is 17.1. The molecule has 10 nitrogen and oxygen atoms in total. The van der Waals surface area contributed by atoms with Crippen molar-refractivity contribution in [2.24, 2.45) is 5.92 Å². The molecule has 0 radical (unpaired) electrons. The van der Waals surface area contributed by atoms with E-state index in [4.69, 9.17) is 9.79 Å². The third-order valence-electron chi connectivity index (χ3n) is 3.75. The standard InChI is InChI=1S/C11H17N2O8P/c1-5-3-13(11(17)12-10(5)16)7-2-8(14)6(9(7)15)4-21-22(18,19)20/h3,6-9,14-15H,2,4H2,1H3,(H,12,16,17)(H2,18,19,20)/t6-,7+,8+,9+/m1/s1. The van der Waals surface area contributed by atoms with Gasteiger partial charge in [0.2, 0.25) is 0 Å². The van der Waals surface area contributed by atoms with Gasteiger partial charge in [0, 0.05) is 17.7 Å². The maximum atomic E-state index is 11.8. The van der Waals surface area contributed by atoms with Crippen molar-refractivity contribution in [3.63, 3.8) is 0 Å². The first-order valence-electron chi connectivity index (χ1n) is 6.48. The monoisotopic (exact) mass is 336 g/mol. The van der Waals surface area contributed by atoms with Crippen molar-refractivity contribution < 1.29 is 29.1 Å². The number of phosphoric ester groups is 1. The van der Waals surface area contributed by atoms with Gasteiger partial charge in [-0.1, -0.05) is 0 Å². The average molecular weight is 336 g/mol. The minimum atomic E-state index is -4.73. The van der Waals surface area contributed by atoms with E-state index in [-0.39, 0.29) is 12.0 Å². The van der Waals surface area contributed by atoms with Crippen LogP contribution in [-0.4, -0.2) is 48.4 Å². The second-order valence-electron chi connectivity index (χ2n) is 5.29. The van der Waals surface area contributed by atoms with Gasteiger partial charge in [-0.25, -0.2) is 9.36 Å². The van der Waals surface area contributed by atoms with Crippen LogP contribution in [0.25, 0.3) is 0 Å². The van der Waals surface area contributed by atoms with Gasteiger partial charge in [0.15, 0.2) is 0 Å². The fourth-order valence-corrected chi connectivity index (χ4v) is 2.94. The molecule has 1 aromatic rings. The summed E-state index contributed by atoms with van der Waals surface area (Å²) in [6, 6.07) is -0.830. The smallest absolute Gasteiger partial charge is 0.393 e. The van der Waals surface area contributed by atoms with E-state index in [9.17, 15) is 24.4 Å². The summed E-state index contributed by atoms with van der Waals surface area (Å²) in [5, 5.41) is 20.1. The fourth-order valence-electron chi connectivity index (χ4n) is 2.58. The van der Waals surface area contributed by atoms with E-state index in [0.717, 1.165) is 4.57 Å². The Labute approximate surface area is 124 Å². The van der Waals surface area contributed by atoms with Gasteiger partial charge in [0.1, 0.15) is 0 Å². The number of phosphoric acid groups is 1. The summed E-state index contributed by atoms with van der Waals surface area (Å²) in [4.78, 5) is 42.6. The van der Waals surface area contributed by atoms with Crippen LogP contribution in [0.15, 0.2) is 15.8 Å². The van der Waals surface area contributed by atoms with Crippen molar-refractivity contribution in [2.75, 3.05) is 6.61 Å². The number of nitrogens with one attached hydrogen (secondary N) is 1. The van der Waals surface area contributed by atoms with E-state index in [2.05, 4.69) is 9.51 Å². The summed E-state index contributed by atoms with van der Waals surface area (Å²) in [5.41, 5.74) is -1.02. The largest absolute Gasteiger partial charge is 0.469 e. The van der Waals surface area contributed by atoms with Crippen LogP contribution in [0, 0.1) is 12.8 Å². The molecule has 5 N–H and O–H groups in total. The quantitative estimate of drug-likeness (QED) is 0.404. The lowest BCUT2D eigenvalue weighted by Crippen LogP contribution is -2.37. The second kappa shape index (κ2) is 6.07. The third kappa shape index (κ3) is 3.54. The lowest BCUT2D eigenvalue weighted by atomic mass is 10.0. The van der Waals surface area contributed by atoms with Gasteiger partial charge in [0.05, 0.1) is 24.9 Å². The van der Waals surface area contributed by atoms with Crippen LogP contribution in [0.2, 0.25) is 0 Å². The number of hydrogen-bond donors (Lipinski definition) is 5. The van der Waals surface area contributed by atoms with Crippen LogP contribution < -0.4 is 11.2 Å². The summed E-state index contributed by atoms with van der Waals surface area (Å²) >= 11 is 0. The van der Waals surface area contributed by atoms with E-state index in [1.165, 1.54) is 13.1 Å². The molecule has 1 fully saturated rings. The van der Waals surface area contributed by atoms with Gasteiger partial charge in [-0.3, -0.25) is 18.9 Å². The molecule has 0 spiro atoms. The average Bonchev–Trinajstić information content (AvgIpc) is 2.66. The van der Waals surface area contributed by atoms with Crippen molar-refractivity contribution in [1.29, 1.82) is 0 Å². The first-order chi connectivity index (χ1) is 10.1. The molecule has 1 aliphatic carbocycles. The molecule has 1 aromatic heterocycles. The van der Waals surface area contributed by atoms with Gasteiger partial charge in [0.25, 0.3) is 5.56 Å². The van der Waals surface area contributed by atoms with Gasteiger partial charge < -0.3 is 20.0 Å². The molecule has 11 heteroatoms. The molecule has 4 atom stereocenters. The number of aromatic nitrogens is 2. The first-order valence-corrected chi connectivity index (χ1v) is 8.01. The zero-order valence-corrected chi connectivity index (χ0v) is 12.5. The number of hydrogen-bond acceptors (Lipinski definition) is 6. The Morgan fingerprint density at radius 2 is 2.05 bits per heavy atom. The minimum absolute atomic E-state index is 0.0122. The Hall–Kier alpha value is -1.29. The SMILES string of the molecule is Cc1cn([C@H]2C[C@H](O)[C@@H](COP(=O)(O)O)[C@@H]2O)c(=O)[nH]c1=O. The molecule has 1 aliphatic rings. The number of aliphatic hydroxyl groups is 2. The number of rotatable bonds is 4. The Morgan fingerprint density at radius 1 is 1.41 bits per heavy atom. The van der Waals surface area contributed by atoms with Crippen LogP contribution in [-0.2, 0) is 9.09 Å². The predicted octanol–water partition coefficient (Wildman–Crippen LogP) is -1.76. The molecule has 1 saturated carbocycles. The Balaban J connectivity index is 2.25. The molecule has 0 saturated heterocycles. The Kier molecular flexibility index (Phi) is 4.71. The number of nitrogens with zero attached hydrogens (tertiary/aromatic N) is 1. The van der Waals surface area contributed by atoms with Crippen molar-refractivity contribution >= 4 is 7.82 Å². The number of aliphatic hydroxyl groups excluding tert-OH is 2. The van der Waals surface area contributed by atoms with Gasteiger partial charge in [-0.15, -0.1) is 0 Å². The van der Waals surface area contributed by atoms with E-state index in [0.29, 0.717) is 0 Å². The molecule has 1 heterocycles. The lowest BCUT2D eigenvalue weighted by Gasteiger charge is -2.21. The second-order valence-corrected chi connectivity index (χ2v) is 6.53. The fraction of sp³-hybridized carbons (Fsp3) is 0.636. The molecule has 2 rings (SSSR count). The van der Waals surface area contributed by atoms with Gasteiger partial charge in [-0.05, 0) is 13.3 Å². The van der Waals surface area contributed by atoms with Crippen molar-refractivity contribution in [1.82, 2.24) is 9.55 Å². The van der Waals surface area contributed by atoms with Gasteiger partial charge >= 0.3 is 13.5 Å². The maximum absolute atomic E-state index is 11.8. The summed E-state index contributed by atoms with van der Waals surface area (Å²) in [6.07, 6.45) is -1.11. The van der Waals surface area contributed by atoms with Crippen molar-refractivity contribution in [3.8, 4) is 0 Å². The summed E-state index contributed by atoms with van der Waals surface area (Å²) in [6.45, 7) is 0.932. The minimum Gasteiger partial charge on any atom is -0.393 e. The number of aromatic amines is 1. The lowest BCUT2D eigenvalue weighted by molar-refractivity contribution is 0.0198. The summed E-state index contributed by atoms with van der Waals surface area (Å²) in [5.74, 6) is -0.961. The molecule has 22 heavy (non-hydrogen) atoms. The highest BCUT2D eigenvalue weighted by Crippen LogP contribution is 2.40. The topological polar surface area (TPSA) is 162 Å². The van der Waals surface area contributed by atoms with Crippen LogP contribution in [0.5, 0.6) is 0 Å². The molecular formula is C11H17N2O8P. The Bertz CT molecular complexity index is 707. The van der Waals surface area contributed by atoms with Crippen LogP contribution in [0.1, 0.15) is 18.0 Å². The highest BCUT2D eigenvalue weighted by Gasteiger charge is 2.44. The highest BCUT2D eigenvalue weighted by atomic mass is 31.2. The number of H-pyrrole nitrogens is 1. The molecular weight excluding hydrogens is 319 g/mol. The van der Waals surface area contributed by atoms with Gasteiger partial charge in [-0.2, -0.15) is 0 Å². The molecule has 0 aromatic carbocycles. The molecule has 0 amide bonds. The molecule has 0 bridgehead atoms. The van der Waals surface area contributed by atoms with Crippen molar-refractivity contribution in [2.45, 2.75) is 31.6 Å². The van der Waals surface area contributed by atoms with E-state index in [1.54, 1.807) is 0 Å². The molecule has 0 unspecified atom stereocenters. The Morgan fingerprint density at radius 3 is 2.64 bits per heavy atom. The van der Waals surface area contributed by atoms with Crippen molar-refractivity contribution in [3.05, 3.63) is 32.6 Å². The normalized spacial score (nSPS) is 29.0. The van der Waals surface area contributed by atoms with E-state index < -0.39 is 49.8 Å². The van der Waals surface area contributed by atoms with Crippen LogP contribution in [0.4, 0.5) is 0 Å². The zero-order valence-electron chi connectivity index (χ0n) is 11.6. The van der Waals surface area contributed by atoms with E-state index >= 15 is 0 Å². The van der Waals surface area contributed by atoms with Crippen LogP contribution in [0.3, 0.4) is 0 Å². The molecule has 124 valence electrons. The van der Waals surface area contributed by atoms with E-state index in [1.807, 2.05) is 0 Å². The third-order valence-corrected chi connectivity index (χ3v) is 4.23. The predicted molar refractivity (Wildman–Crippen MR) is 73.2 cm³/mol. The summed E-state index contributed by atoms with van der Waals surface area (Å²) < 4.78 is 16.1. The summed E-state index contributed by atoms with van der Waals surface area (Å²) in [7, 11) is -4.73.